The number of imide groups is 1. The molecule has 34 heavy (non-hydrogen) atoms. The number of carbonyl (C=O) groups excluding carboxylic acids is 3. The Morgan fingerprint density at radius 2 is 1.88 bits per heavy atom. The first-order valence-electron chi connectivity index (χ1n) is 12.3. The first kappa shape index (κ1) is 24.2. The van der Waals surface area contributed by atoms with Crippen LogP contribution in [-0.2, 0) is 14.3 Å². The minimum absolute atomic E-state index is 0.140. The Morgan fingerprint density at radius 3 is 2.59 bits per heavy atom. The summed E-state index contributed by atoms with van der Waals surface area (Å²) in [5, 5.41) is 0. The van der Waals surface area contributed by atoms with Gasteiger partial charge in [0.05, 0.1) is 13.2 Å². The summed E-state index contributed by atoms with van der Waals surface area (Å²) in [6, 6.07) is 7.07. The molecule has 1 saturated carbocycles. The molecule has 2 aromatic rings. The van der Waals surface area contributed by atoms with Gasteiger partial charge in [-0.2, -0.15) is 0 Å². The summed E-state index contributed by atoms with van der Waals surface area (Å²) in [5.74, 6) is -0.984. The minimum Gasteiger partial charge on any atom is -0.436 e. The molecule has 184 valence electrons. The molecule has 1 aliphatic carbocycles. The molecule has 0 bridgehead atoms. The SMILES string of the molecule is CCCN(C(=O)c1nc2ccccc2o1)C(=O)C(CC1CCCCC1)OC(=O)N1CCOCC1. The average Bonchev–Trinajstić information content (AvgIpc) is 3.32. The number of aromatic nitrogens is 1. The van der Waals surface area contributed by atoms with Crippen molar-refractivity contribution >= 4 is 29.0 Å². The van der Waals surface area contributed by atoms with Gasteiger partial charge in [0.15, 0.2) is 11.7 Å². The summed E-state index contributed by atoms with van der Waals surface area (Å²) in [7, 11) is 0. The highest BCUT2D eigenvalue weighted by Crippen LogP contribution is 2.29. The number of benzene rings is 1. The van der Waals surface area contributed by atoms with Crippen LogP contribution in [0.5, 0.6) is 0 Å². The number of rotatable bonds is 7. The fourth-order valence-corrected chi connectivity index (χ4v) is 4.66. The summed E-state index contributed by atoms with van der Waals surface area (Å²) < 4.78 is 16.7. The Labute approximate surface area is 199 Å². The first-order valence-corrected chi connectivity index (χ1v) is 12.3. The van der Waals surface area contributed by atoms with Gasteiger partial charge in [0.1, 0.15) is 5.52 Å². The van der Waals surface area contributed by atoms with Crippen LogP contribution in [0.1, 0.15) is 62.6 Å². The smallest absolute Gasteiger partial charge is 0.410 e. The Kier molecular flexibility index (Phi) is 8.16. The van der Waals surface area contributed by atoms with Crippen molar-refractivity contribution < 1.29 is 28.3 Å². The van der Waals surface area contributed by atoms with Gasteiger partial charge in [-0.25, -0.2) is 9.78 Å². The van der Waals surface area contributed by atoms with E-state index in [2.05, 4.69) is 4.98 Å². The third-order valence-corrected chi connectivity index (χ3v) is 6.50. The van der Waals surface area contributed by atoms with Crippen molar-refractivity contribution in [2.45, 2.75) is 58.0 Å². The van der Waals surface area contributed by atoms with Gasteiger partial charge in [0.25, 0.3) is 11.8 Å². The third-order valence-electron chi connectivity index (χ3n) is 6.50. The zero-order valence-electron chi connectivity index (χ0n) is 19.7. The van der Waals surface area contributed by atoms with Crippen LogP contribution >= 0.6 is 0 Å². The number of para-hydroxylation sites is 2. The molecule has 1 unspecified atom stereocenters. The van der Waals surface area contributed by atoms with Gasteiger partial charge >= 0.3 is 12.0 Å². The molecule has 1 atom stereocenters. The number of carbonyl (C=O) groups is 3. The lowest BCUT2D eigenvalue weighted by Gasteiger charge is -2.32. The Hall–Kier alpha value is -2.94. The van der Waals surface area contributed by atoms with Crippen LogP contribution in [0.3, 0.4) is 0 Å². The molecule has 9 nitrogen and oxygen atoms in total. The predicted octanol–water partition coefficient (Wildman–Crippen LogP) is 4.01. The highest BCUT2D eigenvalue weighted by Gasteiger charge is 2.36. The topological polar surface area (TPSA) is 102 Å². The molecule has 1 saturated heterocycles. The number of morpholine rings is 1. The van der Waals surface area contributed by atoms with E-state index in [-0.39, 0.29) is 18.4 Å². The molecule has 1 aromatic carbocycles. The van der Waals surface area contributed by atoms with E-state index in [1.165, 1.54) is 6.42 Å². The van der Waals surface area contributed by atoms with Crippen LogP contribution in [0.4, 0.5) is 4.79 Å². The van der Waals surface area contributed by atoms with Crippen LogP contribution in [-0.4, -0.2) is 71.6 Å². The molecule has 0 N–H and O–H groups in total. The van der Waals surface area contributed by atoms with Crippen LogP contribution < -0.4 is 0 Å². The van der Waals surface area contributed by atoms with Gasteiger partial charge in [0, 0.05) is 19.6 Å². The average molecular weight is 472 g/mol. The molecule has 2 fully saturated rings. The van der Waals surface area contributed by atoms with E-state index < -0.39 is 24.0 Å². The number of nitrogens with zero attached hydrogens (tertiary/aromatic N) is 3. The molecule has 1 aromatic heterocycles. The molecule has 9 heteroatoms. The van der Waals surface area contributed by atoms with Gasteiger partial charge in [-0.15, -0.1) is 0 Å². The number of hydrogen-bond donors (Lipinski definition) is 0. The van der Waals surface area contributed by atoms with E-state index in [1.807, 2.05) is 6.92 Å². The fourth-order valence-electron chi connectivity index (χ4n) is 4.66. The molecular weight excluding hydrogens is 438 g/mol. The second kappa shape index (κ2) is 11.5. The number of hydrogen-bond acceptors (Lipinski definition) is 7. The van der Waals surface area contributed by atoms with Gasteiger partial charge in [0.2, 0.25) is 0 Å². The van der Waals surface area contributed by atoms with Gasteiger partial charge in [-0.1, -0.05) is 51.2 Å². The largest absolute Gasteiger partial charge is 0.436 e. The molecule has 0 spiro atoms. The molecule has 2 heterocycles. The third kappa shape index (κ3) is 5.75. The zero-order valence-corrected chi connectivity index (χ0v) is 19.7. The monoisotopic (exact) mass is 471 g/mol. The van der Waals surface area contributed by atoms with E-state index >= 15 is 0 Å². The standard InChI is InChI=1S/C25H33N3O6/c1-2-12-28(24(30)22-26-19-10-6-7-11-20(19)33-22)23(29)21(17-18-8-4-3-5-9-18)34-25(31)27-13-15-32-16-14-27/h6-7,10-11,18,21H,2-5,8-9,12-17H2,1H3. The van der Waals surface area contributed by atoms with Crippen molar-refractivity contribution in [1.82, 2.24) is 14.8 Å². The second-order valence-corrected chi connectivity index (χ2v) is 8.99. The fraction of sp³-hybridized carbons (Fsp3) is 0.600. The molecular formula is C25H33N3O6. The number of oxazole rings is 1. The van der Waals surface area contributed by atoms with Crippen molar-refractivity contribution in [3.8, 4) is 0 Å². The van der Waals surface area contributed by atoms with Crippen molar-refractivity contribution in [3.63, 3.8) is 0 Å². The van der Waals surface area contributed by atoms with Crippen LogP contribution in [0.2, 0.25) is 0 Å². The normalized spacial score (nSPS) is 18.0. The second-order valence-electron chi connectivity index (χ2n) is 8.99. The summed E-state index contributed by atoms with van der Waals surface area (Å²) in [5.41, 5.74) is 1.03. The molecule has 2 aliphatic rings. The van der Waals surface area contributed by atoms with Crippen molar-refractivity contribution in [1.29, 1.82) is 0 Å². The van der Waals surface area contributed by atoms with E-state index in [1.54, 1.807) is 29.2 Å². The number of amides is 3. The Bertz CT molecular complexity index is 960. The lowest BCUT2D eigenvalue weighted by Crippen LogP contribution is -2.49. The lowest BCUT2D eigenvalue weighted by atomic mass is 9.85. The van der Waals surface area contributed by atoms with Crippen molar-refractivity contribution in [2.75, 3.05) is 32.8 Å². The number of ether oxygens (including phenoxy) is 2. The summed E-state index contributed by atoms with van der Waals surface area (Å²) in [4.78, 5) is 46.8. The van der Waals surface area contributed by atoms with E-state index in [0.717, 1.165) is 30.6 Å². The maximum Gasteiger partial charge on any atom is 0.410 e. The lowest BCUT2D eigenvalue weighted by molar-refractivity contribution is -0.139. The van der Waals surface area contributed by atoms with Crippen LogP contribution in [0.25, 0.3) is 11.1 Å². The van der Waals surface area contributed by atoms with Crippen LogP contribution in [0.15, 0.2) is 28.7 Å². The van der Waals surface area contributed by atoms with Gasteiger partial charge in [-0.05, 0) is 30.9 Å². The van der Waals surface area contributed by atoms with Crippen LogP contribution in [0, 0.1) is 5.92 Å². The number of fused-ring (bicyclic) bond motifs is 1. The first-order chi connectivity index (χ1) is 16.6. The highest BCUT2D eigenvalue weighted by atomic mass is 16.6. The Morgan fingerprint density at radius 1 is 1.15 bits per heavy atom. The molecule has 3 amide bonds. The predicted molar refractivity (Wildman–Crippen MR) is 124 cm³/mol. The maximum absolute atomic E-state index is 13.7. The van der Waals surface area contributed by atoms with Crippen molar-refractivity contribution in [3.05, 3.63) is 30.2 Å². The van der Waals surface area contributed by atoms with E-state index in [9.17, 15) is 14.4 Å². The summed E-state index contributed by atoms with van der Waals surface area (Å²) in [6.45, 7) is 3.79. The minimum atomic E-state index is -1.03. The molecule has 1 aliphatic heterocycles. The highest BCUT2D eigenvalue weighted by molar-refractivity contribution is 6.04. The van der Waals surface area contributed by atoms with Crippen molar-refractivity contribution in [2.24, 2.45) is 5.92 Å². The summed E-state index contributed by atoms with van der Waals surface area (Å²) in [6.07, 6.45) is 4.77. The maximum atomic E-state index is 13.7. The summed E-state index contributed by atoms with van der Waals surface area (Å²) >= 11 is 0. The molecule has 0 radical (unpaired) electrons. The van der Waals surface area contributed by atoms with E-state index in [0.29, 0.717) is 50.2 Å². The Balaban J connectivity index is 1.55. The quantitative estimate of drug-likeness (QED) is 0.601. The van der Waals surface area contributed by atoms with Gasteiger partial charge in [-0.3, -0.25) is 14.5 Å². The van der Waals surface area contributed by atoms with Gasteiger partial charge < -0.3 is 18.8 Å². The zero-order chi connectivity index (χ0) is 23.9. The molecule has 4 rings (SSSR count). The van der Waals surface area contributed by atoms with E-state index in [4.69, 9.17) is 13.9 Å².